The molecule has 0 atom stereocenters. The maximum absolute atomic E-state index is 12.7. The van der Waals surface area contributed by atoms with Crippen LogP contribution in [0.1, 0.15) is 10.4 Å². The van der Waals surface area contributed by atoms with Gasteiger partial charge in [0.2, 0.25) is 10.0 Å². The second-order valence-electron chi connectivity index (χ2n) is 5.05. The highest BCUT2D eigenvalue weighted by Crippen LogP contribution is 2.33. The van der Waals surface area contributed by atoms with Gasteiger partial charge in [0, 0.05) is 10.5 Å². The van der Waals surface area contributed by atoms with Crippen LogP contribution in [-0.4, -0.2) is 35.7 Å². The summed E-state index contributed by atoms with van der Waals surface area (Å²) < 4.78 is 39.1. The van der Waals surface area contributed by atoms with Gasteiger partial charge >= 0.3 is 0 Å². The Morgan fingerprint density at radius 3 is 2.23 bits per heavy atom. The van der Waals surface area contributed by atoms with E-state index in [1.807, 2.05) is 0 Å². The predicted molar refractivity (Wildman–Crippen MR) is 99.6 cm³/mol. The Morgan fingerprint density at radius 1 is 1.04 bits per heavy atom. The van der Waals surface area contributed by atoms with Crippen LogP contribution in [0.4, 0.5) is 5.69 Å². The molecule has 0 bridgehead atoms. The fourth-order valence-corrected chi connectivity index (χ4v) is 3.81. The van der Waals surface area contributed by atoms with E-state index in [4.69, 9.17) is 19.3 Å². The van der Waals surface area contributed by atoms with Crippen molar-refractivity contribution in [1.29, 1.82) is 0 Å². The van der Waals surface area contributed by atoms with E-state index in [0.29, 0.717) is 17.2 Å². The summed E-state index contributed by atoms with van der Waals surface area (Å²) in [5, 5.41) is 7.84. The minimum Gasteiger partial charge on any atom is -0.497 e. The Hall–Kier alpha value is -2.30. The first-order valence-corrected chi connectivity index (χ1v) is 9.49. The van der Waals surface area contributed by atoms with Crippen molar-refractivity contribution in [2.24, 2.45) is 5.14 Å². The van der Waals surface area contributed by atoms with Crippen LogP contribution >= 0.6 is 15.9 Å². The Bertz CT molecular complexity index is 946. The quantitative estimate of drug-likeness (QED) is 0.705. The topological polar surface area (TPSA) is 117 Å². The minimum absolute atomic E-state index is 0.00963. The van der Waals surface area contributed by atoms with E-state index >= 15 is 0 Å². The molecule has 0 spiro atoms. The van der Waals surface area contributed by atoms with Gasteiger partial charge in [-0.15, -0.1) is 0 Å². The zero-order valence-corrected chi connectivity index (χ0v) is 16.6. The van der Waals surface area contributed by atoms with E-state index in [1.165, 1.54) is 27.4 Å². The summed E-state index contributed by atoms with van der Waals surface area (Å²) in [4.78, 5) is 12.5. The van der Waals surface area contributed by atoms with Gasteiger partial charge in [-0.1, -0.05) is 0 Å². The van der Waals surface area contributed by atoms with Crippen molar-refractivity contribution in [3.05, 3.63) is 40.4 Å². The number of hydrogen-bond acceptors (Lipinski definition) is 6. The van der Waals surface area contributed by atoms with Gasteiger partial charge in [-0.2, -0.15) is 0 Å². The lowest BCUT2D eigenvalue weighted by molar-refractivity contribution is 0.102. The summed E-state index contributed by atoms with van der Waals surface area (Å²) in [6, 6.07) is 7.37. The number of ether oxygens (including phenoxy) is 3. The normalized spacial score (nSPS) is 11.0. The maximum atomic E-state index is 12.7. The summed E-state index contributed by atoms with van der Waals surface area (Å²) >= 11 is 3.11. The molecule has 140 valence electrons. The summed E-state index contributed by atoms with van der Waals surface area (Å²) in [7, 11) is 0.269. The number of rotatable bonds is 6. The number of nitrogens with two attached hydrogens (primary N) is 1. The van der Waals surface area contributed by atoms with E-state index in [9.17, 15) is 13.2 Å². The molecule has 3 N–H and O–H groups in total. The molecule has 2 aromatic rings. The molecular weight excluding hydrogens is 428 g/mol. The fraction of sp³-hybridized carbons (Fsp3) is 0.188. The molecule has 0 radical (unpaired) electrons. The highest BCUT2D eigenvalue weighted by atomic mass is 79.9. The SMILES string of the molecule is COc1ccc(OC)c(NC(=O)c2cc(S(N)(=O)=O)c(Br)cc2OC)c1. The molecule has 8 nitrogen and oxygen atoms in total. The number of anilines is 1. The average molecular weight is 445 g/mol. The molecule has 0 aliphatic heterocycles. The first-order valence-electron chi connectivity index (χ1n) is 7.15. The van der Waals surface area contributed by atoms with E-state index in [0.717, 1.165) is 6.07 Å². The minimum atomic E-state index is -4.04. The molecule has 10 heteroatoms. The van der Waals surface area contributed by atoms with Crippen molar-refractivity contribution < 1.29 is 27.4 Å². The number of sulfonamides is 1. The van der Waals surface area contributed by atoms with Crippen LogP contribution in [0.15, 0.2) is 39.7 Å². The lowest BCUT2D eigenvalue weighted by Gasteiger charge is -2.14. The van der Waals surface area contributed by atoms with Gasteiger partial charge in [0.15, 0.2) is 0 Å². The van der Waals surface area contributed by atoms with Crippen molar-refractivity contribution >= 4 is 37.5 Å². The van der Waals surface area contributed by atoms with Gasteiger partial charge in [0.1, 0.15) is 17.2 Å². The molecular formula is C16H17BrN2O6S. The lowest BCUT2D eigenvalue weighted by atomic mass is 10.1. The van der Waals surface area contributed by atoms with E-state index in [-0.39, 0.29) is 20.7 Å². The lowest BCUT2D eigenvalue weighted by Crippen LogP contribution is -2.17. The molecule has 0 unspecified atom stereocenters. The van der Waals surface area contributed by atoms with Gasteiger partial charge in [0.05, 0.1) is 37.5 Å². The second kappa shape index (κ2) is 7.94. The van der Waals surface area contributed by atoms with E-state index in [1.54, 1.807) is 18.2 Å². The molecule has 0 aliphatic rings. The number of amides is 1. The summed E-state index contributed by atoms with van der Waals surface area (Å²) in [5.41, 5.74) is 0.337. The van der Waals surface area contributed by atoms with Gasteiger partial charge in [0.25, 0.3) is 5.91 Å². The number of carbonyl (C=O) groups is 1. The first-order chi connectivity index (χ1) is 12.2. The van der Waals surface area contributed by atoms with Crippen LogP contribution < -0.4 is 24.7 Å². The highest BCUT2D eigenvalue weighted by Gasteiger charge is 2.22. The van der Waals surface area contributed by atoms with Crippen molar-refractivity contribution in [1.82, 2.24) is 0 Å². The molecule has 0 saturated heterocycles. The van der Waals surface area contributed by atoms with Crippen LogP contribution in [-0.2, 0) is 10.0 Å². The van der Waals surface area contributed by atoms with Crippen LogP contribution in [0.5, 0.6) is 17.2 Å². The molecule has 2 aromatic carbocycles. The number of methoxy groups -OCH3 is 3. The zero-order chi connectivity index (χ0) is 19.5. The zero-order valence-electron chi connectivity index (χ0n) is 14.2. The molecule has 2 rings (SSSR count). The molecule has 26 heavy (non-hydrogen) atoms. The number of carbonyl (C=O) groups excluding carboxylic acids is 1. The van der Waals surface area contributed by atoms with Crippen LogP contribution in [0, 0.1) is 0 Å². The summed E-state index contributed by atoms with van der Waals surface area (Å²) in [6.07, 6.45) is 0. The summed E-state index contributed by atoms with van der Waals surface area (Å²) in [6.45, 7) is 0. The van der Waals surface area contributed by atoms with Crippen molar-refractivity contribution in [3.63, 3.8) is 0 Å². The fourth-order valence-electron chi connectivity index (χ4n) is 2.20. The van der Waals surface area contributed by atoms with Gasteiger partial charge in [-0.3, -0.25) is 4.79 Å². The number of hydrogen-bond donors (Lipinski definition) is 2. The highest BCUT2D eigenvalue weighted by molar-refractivity contribution is 9.10. The number of primary sulfonamides is 1. The predicted octanol–water partition coefficient (Wildman–Crippen LogP) is 2.37. The smallest absolute Gasteiger partial charge is 0.259 e. The monoisotopic (exact) mass is 444 g/mol. The van der Waals surface area contributed by atoms with Crippen molar-refractivity contribution in [2.45, 2.75) is 4.90 Å². The second-order valence-corrected chi connectivity index (χ2v) is 7.43. The van der Waals surface area contributed by atoms with Crippen LogP contribution in [0.25, 0.3) is 0 Å². The standard InChI is InChI=1S/C16H17BrN2O6S/c1-23-9-4-5-13(24-2)12(6-9)19-16(20)10-7-15(26(18,21)22)11(17)8-14(10)25-3/h4-8H,1-3H3,(H,19,20)(H2,18,21,22). The molecule has 1 amide bonds. The molecule has 0 aliphatic carbocycles. The largest absolute Gasteiger partial charge is 0.497 e. The van der Waals surface area contributed by atoms with E-state index in [2.05, 4.69) is 21.2 Å². The number of benzene rings is 2. The molecule has 0 fully saturated rings. The third kappa shape index (κ3) is 4.26. The van der Waals surface area contributed by atoms with Gasteiger partial charge in [-0.25, -0.2) is 13.6 Å². The Kier molecular flexibility index (Phi) is 6.11. The molecule has 0 aromatic heterocycles. The number of halogens is 1. The van der Waals surface area contributed by atoms with Gasteiger partial charge < -0.3 is 19.5 Å². The third-order valence-electron chi connectivity index (χ3n) is 3.46. The average Bonchev–Trinajstić information content (AvgIpc) is 2.59. The van der Waals surface area contributed by atoms with Crippen LogP contribution in [0.2, 0.25) is 0 Å². The maximum Gasteiger partial charge on any atom is 0.259 e. The van der Waals surface area contributed by atoms with Crippen molar-refractivity contribution in [2.75, 3.05) is 26.6 Å². The van der Waals surface area contributed by atoms with E-state index < -0.39 is 15.9 Å². The summed E-state index contributed by atoms with van der Waals surface area (Å²) in [5.74, 6) is 0.477. The van der Waals surface area contributed by atoms with Crippen LogP contribution in [0.3, 0.4) is 0 Å². The Morgan fingerprint density at radius 2 is 1.69 bits per heavy atom. The first kappa shape index (κ1) is 20.0. The van der Waals surface area contributed by atoms with Gasteiger partial charge in [-0.05, 0) is 40.2 Å². The number of nitrogens with one attached hydrogen (secondary N) is 1. The Labute approximate surface area is 159 Å². The molecule has 0 saturated carbocycles. The third-order valence-corrected chi connectivity index (χ3v) is 5.33. The van der Waals surface area contributed by atoms with Crippen molar-refractivity contribution in [3.8, 4) is 17.2 Å². The molecule has 0 heterocycles. The Balaban J connectivity index is 2.50.